The molecule has 0 bridgehead atoms. The van der Waals surface area contributed by atoms with Crippen LogP contribution in [0.5, 0.6) is 0 Å². The van der Waals surface area contributed by atoms with Crippen LogP contribution in [0.4, 0.5) is 5.95 Å². The minimum Gasteiger partial charge on any atom is -0.388 e. The molecule has 1 saturated heterocycles. The molecule has 2 heterocycles. The van der Waals surface area contributed by atoms with E-state index in [0.717, 1.165) is 32.6 Å². The monoisotopic (exact) mass is 266 g/mol. The van der Waals surface area contributed by atoms with Gasteiger partial charge in [-0.05, 0) is 24.8 Å². The molecule has 0 atom stereocenters. The highest BCUT2D eigenvalue weighted by Gasteiger charge is 2.17. The summed E-state index contributed by atoms with van der Waals surface area (Å²) in [6.45, 7) is 2.64. The van der Waals surface area contributed by atoms with E-state index >= 15 is 0 Å². The van der Waals surface area contributed by atoms with E-state index in [9.17, 15) is 0 Å². The first kappa shape index (κ1) is 13.2. The second kappa shape index (κ2) is 6.06. The predicted molar refractivity (Wildman–Crippen MR) is 74.7 cm³/mol. The van der Waals surface area contributed by atoms with Crippen LogP contribution in [0.25, 0.3) is 0 Å². The Bertz CT molecular complexity index is 420. The summed E-state index contributed by atoms with van der Waals surface area (Å²) in [5, 5.41) is 0. The summed E-state index contributed by atoms with van der Waals surface area (Å²) in [6.07, 6.45) is 3.88. The molecule has 5 nitrogen and oxygen atoms in total. The Hall–Kier alpha value is -1.27. The van der Waals surface area contributed by atoms with Crippen LogP contribution in [0.1, 0.15) is 18.5 Å². The summed E-state index contributed by atoms with van der Waals surface area (Å²) < 4.78 is 5.35. The first-order chi connectivity index (χ1) is 8.66. The lowest BCUT2D eigenvalue weighted by Crippen LogP contribution is -2.31. The lowest BCUT2D eigenvalue weighted by atomic mass is 10.00. The SMILES string of the molecule is CN(CC1CCOCC1)c1nccc(C(N)=S)n1. The number of hydrogen-bond donors (Lipinski definition) is 1. The molecule has 0 radical (unpaired) electrons. The van der Waals surface area contributed by atoms with E-state index in [1.54, 1.807) is 12.3 Å². The number of nitrogens with zero attached hydrogens (tertiary/aromatic N) is 3. The van der Waals surface area contributed by atoms with Crippen molar-refractivity contribution in [1.29, 1.82) is 0 Å². The first-order valence-electron chi connectivity index (χ1n) is 6.08. The molecule has 1 aromatic heterocycles. The fourth-order valence-electron chi connectivity index (χ4n) is 2.07. The van der Waals surface area contributed by atoms with Crippen molar-refractivity contribution < 1.29 is 4.74 Å². The summed E-state index contributed by atoms with van der Waals surface area (Å²) in [4.78, 5) is 11.0. The van der Waals surface area contributed by atoms with Crippen molar-refractivity contribution in [2.45, 2.75) is 12.8 Å². The highest BCUT2D eigenvalue weighted by Crippen LogP contribution is 2.17. The van der Waals surface area contributed by atoms with Gasteiger partial charge in [0.15, 0.2) is 0 Å². The number of anilines is 1. The third-order valence-electron chi connectivity index (χ3n) is 3.11. The number of thiocarbonyl (C=S) groups is 1. The zero-order chi connectivity index (χ0) is 13.0. The number of hydrogen-bond acceptors (Lipinski definition) is 5. The molecule has 1 aliphatic heterocycles. The Kier molecular flexibility index (Phi) is 4.43. The Morgan fingerprint density at radius 1 is 1.56 bits per heavy atom. The molecule has 18 heavy (non-hydrogen) atoms. The highest BCUT2D eigenvalue weighted by molar-refractivity contribution is 7.80. The van der Waals surface area contributed by atoms with Crippen molar-refractivity contribution in [3.05, 3.63) is 18.0 Å². The van der Waals surface area contributed by atoms with Crippen LogP contribution in [-0.2, 0) is 4.74 Å². The van der Waals surface area contributed by atoms with Crippen LogP contribution >= 0.6 is 12.2 Å². The minimum absolute atomic E-state index is 0.304. The van der Waals surface area contributed by atoms with E-state index in [1.807, 2.05) is 7.05 Å². The van der Waals surface area contributed by atoms with E-state index < -0.39 is 0 Å². The lowest BCUT2D eigenvalue weighted by molar-refractivity contribution is 0.0684. The van der Waals surface area contributed by atoms with Gasteiger partial charge in [-0.15, -0.1) is 0 Å². The zero-order valence-corrected chi connectivity index (χ0v) is 11.3. The fraction of sp³-hybridized carbons (Fsp3) is 0.583. The maximum absolute atomic E-state index is 5.57. The van der Waals surface area contributed by atoms with Crippen LogP contribution in [-0.4, -0.2) is 41.8 Å². The quantitative estimate of drug-likeness (QED) is 0.819. The van der Waals surface area contributed by atoms with Crippen molar-refractivity contribution in [1.82, 2.24) is 9.97 Å². The summed E-state index contributed by atoms with van der Waals surface area (Å²) in [7, 11) is 1.99. The molecule has 0 unspecified atom stereocenters. The maximum atomic E-state index is 5.57. The Morgan fingerprint density at radius 3 is 2.94 bits per heavy atom. The molecular weight excluding hydrogens is 248 g/mol. The van der Waals surface area contributed by atoms with Gasteiger partial charge >= 0.3 is 0 Å². The summed E-state index contributed by atoms with van der Waals surface area (Å²) >= 11 is 4.92. The molecule has 0 aromatic carbocycles. The van der Waals surface area contributed by atoms with E-state index in [4.69, 9.17) is 22.7 Å². The third-order valence-corrected chi connectivity index (χ3v) is 3.32. The third kappa shape index (κ3) is 3.36. The lowest BCUT2D eigenvalue weighted by Gasteiger charge is -2.27. The highest BCUT2D eigenvalue weighted by atomic mass is 32.1. The molecule has 0 amide bonds. The van der Waals surface area contributed by atoms with Gasteiger partial charge in [-0.3, -0.25) is 0 Å². The van der Waals surface area contributed by atoms with E-state index in [0.29, 0.717) is 22.5 Å². The van der Waals surface area contributed by atoms with E-state index in [-0.39, 0.29) is 0 Å². The molecule has 2 N–H and O–H groups in total. The largest absolute Gasteiger partial charge is 0.388 e. The van der Waals surface area contributed by atoms with Crippen LogP contribution in [0.3, 0.4) is 0 Å². The summed E-state index contributed by atoms with van der Waals surface area (Å²) in [6, 6.07) is 1.73. The van der Waals surface area contributed by atoms with Gasteiger partial charge in [0, 0.05) is 33.0 Å². The van der Waals surface area contributed by atoms with Gasteiger partial charge < -0.3 is 15.4 Å². The van der Waals surface area contributed by atoms with Crippen molar-refractivity contribution in [3.8, 4) is 0 Å². The van der Waals surface area contributed by atoms with Gasteiger partial charge in [0.05, 0.1) is 0 Å². The number of aromatic nitrogens is 2. The standard InChI is InChI=1S/C12H18N4OS/c1-16(8-9-3-6-17-7-4-9)12-14-5-2-10(15-12)11(13)18/h2,5,9H,3-4,6-8H2,1H3,(H2,13,18). The van der Waals surface area contributed by atoms with Gasteiger partial charge in [0.25, 0.3) is 0 Å². The van der Waals surface area contributed by atoms with Crippen molar-refractivity contribution in [2.24, 2.45) is 11.7 Å². The molecule has 6 heteroatoms. The smallest absolute Gasteiger partial charge is 0.225 e. The van der Waals surface area contributed by atoms with Crippen molar-refractivity contribution in [3.63, 3.8) is 0 Å². The maximum Gasteiger partial charge on any atom is 0.225 e. The van der Waals surface area contributed by atoms with Crippen LogP contribution < -0.4 is 10.6 Å². The molecule has 2 rings (SSSR count). The molecular formula is C12H18N4OS. The van der Waals surface area contributed by atoms with Crippen LogP contribution in [0, 0.1) is 5.92 Å². The zero-order valence-electron chi connectivity index (χ0n) is 10.5. The van der Waals surface area contributed by atoms with Gasteiger partial charge in [-0.2, -0.15) is 0 Å². The molecule has 0 saturated carbocycles. The molecule has 1 fully saturated rings. The van der Waals surface area contributed by atoms with Crippen molar-refractivity contribution >= 4 is 23.2 Å². The van der Waals surface area contributed by atoms with Crippen LogP contribution in [0.2, 0.25) is 0 Å². The van der Waals surface area contributed by atoms with Gasteiger partial charge in [-0.25, -0.2) is 9.97 Å². The van der Waals surface area contributed by atoms with Gasteiger partial charge in [-0.1, -0.05) is 12.2 Å². The summed E-state index contributed by atoms with van der Waals surface area (Å²) in [5.41, 5.74) is 6.19. The van der Waals surface area contributed by atoms with Gasteiger partial charge in [0.1, 0.15) is 10.7 Å². The molecule has 1 aliphatic rings. The normalized spacial score (nSPS) is 16.5. The topological polar surface area (TPSA) is 64.3 Å². The average molecular weight is 266 g/mol. The minimum atomic E-state index is 0.304. The Balaban J connectivity index is 2.01. The second-order valence-corrected chi connectivity index (χ2v) is 4.98. The average Bonchev–Trinajstić information content (AvgIpc) is 2.40. The molecule has 98 valence electrons. The molecule has 0 aliphatic carbocycles. The molecule has 0 spiro atoms. The summed E-state index contributed by atoms with van der Waals surface area (Å²) in [5.74, 6) is 1.31. The second-order valence-electron chi connectivity index (χ2n) is 4.54. The Labute approximate surface area is 112 Å². The van der Waals surface area contributed by atoms with Crippen LogP contribution in [0.15, 0.2) is 12.3 Å². The first-order valence-corrected chi connectivity index (χ1v) is 6.49. The van der Waals surface area contributed by atoms with Crippen molar-refractivity contribution in [2.75, 3.05) is 31.7 Å². The number of ether oxygens (including phenoxy) is 1. The molecule has 1 aromatic rings. The van der Waals surface area contributed by atoms with Gasteiger partial charge in [0.2, 0.25) is 5.95 Å². The van der Waals surface area contributed by atoms with E-state index in [1.165, 1.54) is 0 Å². The predicted octanol–water partition coefficient (Wildman–Crippen LogP) is 0.974. The fourth-order valence-corrected chi connectivity index (χ4v) is 2.18. The Morgan fingerprint density at radius 2 is 2.28 bits per heavy atom. The van der Waals surface area contributed by atoms with E-state index in [2.05, 4.69) is 14.9 Å². The number of rotatable bonds is 4. The number of nitrogens with two attached hydrogens (primary N) is 1.